The van der Waals surface area contributed by atoms with Crippen LogP contribution in [0.5, 0.6) is 5.75 Å². The van der Waals surface area contributed by atoms with Crippen LogP contribution in [0.4, 0.5) is 0 Å². The van der Waals surface area contributed by atoms with Crippen molar-refractivity contribution in [2.75, 3.05) is 11.5 Å². The molecule has 0 aliphatic carbocycles. The first kappa shape index (κ1) is 13.0. The smallest absolute Gasteiger partial charge is 0.154 e. The van der Waals surface area contributed by atoms with Gasteiger partial charge in [-0.15, -0.1) is 11.6 Å². The van der Waals surface area contributed by atoms with Crippen LogP contribution in [0, 0.1) is 0 Å². The minimum absolute atomic E-state index is 0.0700. The molecule has 0 spiro atoms. The summed E-state index contributed by atoms with van der Waals surface area (Å²) in [6.45, 7) is 0. The molecule has 1 aromatic carbocycles. The van der Waals surface area contributed by atoms with E-state index < -0.39 is 9.84 Å². The van der Waals surface area contributed by atoms with Crippen molar-refractivity contribution in [1.82, 2.24) is 0 Å². The van der Waals surface area contributed by atoms with Crippen molar-refractivity contribution in [2.24, 2.45) is 0 Å². The first-order chi connectivity index (χ1) is 8.00. The predicted octanol–water partition coefficient (Wildman–Crippen LogP) is 2.64. The molecule has 1 aromatic rings. The maximum atomic E-state index is 11.3. The molecule has 0 aromatic heterocycles. The molecular weight excluding hydrogens is 283 g/mol. The molecule has 0 saturated carbocycles. The second-order valence-electron chi connectivity index (χ2n) is 4.04. The number of benzene rings is 1. The Balaban J connectivity index is 2.09. The first-order valence-corrected chi connectivity index (χ1v) is 7.95. The highest BCUT2D eigenvalue weighted by atomic mass is 35.5. The Bertz CT molecular complexity index is 513. The van der Waals surface area contributed by atoms with E-state index in [0.29, 0.717) is 23.1 Å². The fourth-order valence-corrected chi connectivity index (χ4v) is 3.76. The maximum absolute atomic E-state index is 11.3. The van der Waals surface area contributed by atoms with Crippen LogP contribution in [0.1, 0.15) is 12.0 Å². The van der Waals surface area contributed by atoms with Crippen molar-refractivity contribution in [1.29, 1.82) is 0 Å². The molecule has 1 atom stereocenters. The quantitative estimate of drug-likeness (QED) is 0.805. The van der Waals surface area contributed by atoms with E-state index in [4.69, 9.17) is 27.9 Å². The van der Waals surface area contributed by atoms with Gasteiger partial charge in [0.1, 0.15) is 11.9 Å². The van der Waals surface area contributed by atoms with E-state index in [9.17, 15) is 8.42 Å². The topological polar surface area (TPSA) is 43.4 Å². The van der Waals surface area contributed by atoms with Gasteiger partial charge in [0.05, 0.1) is 16.5 Å². The Kier molecular flexibility index (Phi) is 3.85. The second kappa shape index (κ2) is 5.04. The third-order valence-corrected chi connectivity index (χ3v) is 4.98. The number of hydrogen-bond donors (Lipinski definition) is 0. The van der Waals surface area contributed by atoms with Gasteiger partial charge in [0.15, 0.2) is 9.84 Å². The van der Waals surface area contributed by atoms with Crippen LogP contribution in [-0.2, 0) is 15.7 Å². The summed E-state index contributed by atoms with van der Waals surface area (Å²) in [6.07, 6.45) is 0.231. The number of rotatable bonds is 3. The van der Waals surface area contributed by atoms with Crippen molar-refractivity contribution < 1.29 is 13.2 Å². The monoisotopic (exact) mass is 294 g/mol. The highest BCUT2D eigenvalue weighted by Crippen LogP contribution is 2.29. The lowest BCUT2D eigenvalue weighted by Gasteiger charge is -2.13. The van der Waals surface area contributed by atoms with Crippen LogP contribution >= 0.6 is 23.2 Å². The van der Waals surface area contributed by atoms with Crippen LogP contribution < -0.4 is 4.74 Å². The normalized spacial score (nSPS) is 22.6. The summed E-state index contributed by atoms with van der Waals surface area (Å²) in [5.41, 5.74) is 0.906. The SMILES string of the molecule is O=S1(=O)CCC(Oc2ccc(CCl)cc2Cl)C1. The third-order valence-electron chi connectivity index (χ3n) is 2.63. The predicted molar refractivity (Wildman–Crippen MR) is 68.7 cm³/mol. The van der Waals surface area contributed by atoms with Crippen molar-refractivity contribution in [3.8, 4) is 5.75 Å². The number of ether oxygens (including phenoxy) is 1. The Morgan fingerprint density at radius 1 is 1.41 bits per heavy atom. The van der Waals surface area contributed by atoms with Gasteiger partial charge >= 0.3 is 0 Å². The van der Waals surface area contributed by atoms with Crippen LogP contribution in [0.25, 0.3) is 0 Å². The lowest BCUT2D eigenvalue weighted by molar-refractivity contribution is 0.229. The van der Waals surface area contributed by atoms with E-state index in [-0.39, 0.29) is 17.6 Å². The minimum Gasteiger partial charge on any atom is -0.488 e. The van der Waals surface area contributed by atoms with Crippen molar-refractivity contribution in [3.05, 3.63) is 28.8 Å². The molecule has 2 rings (SSSR count). The molecule has 6 heteroatoms. The Labute approximate surface area is 111 Å². The summed E-state index contributed by atoms with van der Waals surface area (Å²) >= 11 is 11.7. The average Bonchev–Trinajstić information content (AvgIpc) is 2.61. The zero-order valence-electron chi connectivity index (χ0n) is 9.03. The van der Waals surface area contributed by atoms with Gasteiger partial charge in [0.25, 0.3) is 0 Å². The number of sulfone groups is 1. The number of halogens is 2. The van der Waals surface area contributed by atoms with Gasteiger partial charge < -0.3 is 4.74 Å². The van der Waals surface area contributed by atoms with Crippen LogP contribution in [0.15, 0.2) is 18.2 Å². The van der Waals surface area contributed by atoms with Gasteiger partial charge in [-0.2, -0.15) is 0 Å². The van der Waals surface area contributed by atoms with Crippen molar-refractivity contribution in [3.63, 3.8) is 0 Å². The van der Waals surface area contributed by atoms with Crippen molar-refractivity contribution >= 4 is 33.0 Å². The van der Waals surface area contributed by atoms with Gasteiger partial charge in [-0.3, -0.25) is 0 Å². The summed E-state index contributed by atoms with van der Waals surface area (Å²) in [7, 11) is -2.93. The molecular formula is C11H12Cl2O3S. The molecule has 1 aliphatic rings. The van der Waals surface area contributed by atoms with Gasteiger partial charge in [-0.05, 0) is 24.1 Å². The average molecular weight is 295 g/mol. The molecule has 17 heavy (non-hydrogen) atoms. The molecule has 1 unspecified atom stereocenters. The van der Waals surface area contributed by atoms with E-state index in [1.165, 1.54) is 0 Å². The molecule has 3 nitrogen and oxygen atoms in total. The molecule has 0 N–H and O–H groups in total. The molecule has 1 heterocycles. The second-order valence-corrected chi connectivity index (χ2v) is 6.94. The van der Waals surface area contributed by atoms with Crippen LogP contribution in [0.2, 0.25) is 5.02 Å². The summed E-state index contributed by atoms with van der Waals surface area (Å²) in [5.74, 6) is 1.16. The lowest BCUT2D eigenvalue weighted by atomic mass is 10.2. The largest absolute Gasteiger partial charge is 0.488 e. The highest BCUT2D eigenvalue weighted by molar-refractivity contribution is 7.91. The van der Waals surface area contributed by atoms with E-state index in [0.717, 1.165) is 5.56 Å². The molecule has 0 amide bonds. The van der Waals surface area contributed by atoms with E-state index in [2.05, 4.69) is 0 Å². The molecule has 1 fully saturated rings. The van der Waals surface area contributed by atoms with E-state index >= 15 is 0 Å². The minimum atomic E-state index is -2.93. The zero-order chi connectivity index (χ0) is 12.5. The molecule has 1 saturated heterocycles. The maximum Gasteiger partial charge on any atom is 0.154 e. The lowest BCUT2D eigenvalue weighted by Crippen LogP contribution is -2.17. The van der Waals surface area contributed by atoms with E-state index in [1.54, 1.807) is 12.1 Å². The van der Waals surface area contributed by atoms with Gasteiger partial charge in [0.2, 0.25) is 0 Å². The standard InChI is InChI=1S/C11H12Cl2O3S/c12-6-8-1-2-11(10(13)5-8)16-9-3-4-17(14,15)7-9/h1-2,5,9H,3-4,6-7H2. The Morgan fingerprint density at radius 2 is 2.18 bits per heavy atom. The van der Waals surface area contributed by atoms with Crippen LogP contribution in [-0.4, -0.2) is 26.0 Å². The molecule has 1 aliphatic heterocycles. The summed E-state index contributed by atoms with van der Waals surface area (Å²) in [6, 6.07) is 5.27. The van der Waals surface area contributed by atoms with Crippen molar-refractivity contribution in [2.45, 2.75) is 18.4 Å². The highest BCUT2D eigenvalue weighted by Gasteiger charge is 2.29. The molecule has 0 radical (unpaired) electrons. The Hall–Kier alpha value is -0.450. The zero-order valence-corrected chi connectivity index (χ0v) is 11.4. The molecule has 94 valence electrons. The summed E-state index contributed by atoms with van der Waals surface area (Å²) in [5, 5.41) is 0.465. The van der Waals surface area contributed by atoms with Gasteiger partial charge in [-0.1, -0.05) is 17.7 Å². The summed E-state index contributed by atoms with van der Waals surface area (Å²) < 4.78 is 28.2. The number of alkyl halides is 1. The van der Waals surface area contributed by atoms with E-state index in [1.807, 2.05) is 6.07 Å². The third kappa shape index (κ3) is 3.27. The fourth-order valence-electron chi connectivity index (χ4n) is 1.76. The van der Waals surface area contributed by atoms with Gasteiger partial charge in [-0.25, -0.2) is 8.42 Å². The van der Waals surface area contributed by atoms with Gasteiger partial charge in [0, 0.05) is 5.88 Å². The number of hydrogen-bond acceptors (Lipinski definition) is 3. The fraction of sp³-hybridized carbons (Fsp3) is 0.455. The molecule has 0 bridgehead atoms. The first-order valence-electron chi connectivity index (χ1n) is 5.21. The Morgan fingerprint density at radius 3 is 2.71 bits per heavy atom. The summed E-state index contributed by atoms with van der Waals surface area (Å²) in [4.78, 5) is 0. The van der Waals surface area contributed by atoms with Crippen LogP contribution in [0.3, 0.4) is 0 Å².